The number of methoxy groups -OCH3 is 1. The number of nitrogens with one attached hydrogen (secondary N) is 2. The molecule has 1 amide bonds. The molecule has 0 unspecified atom stereocenters. The summed E-state index contributed by atoms with van der Waals surface area (Å²) < 4.78 is 10.7. The summed E-state index contributed by atoms with van der Waals surface area (Å²) in [5.74, 6) is 0.433. The quantitative estimate of drug-likeness (QED) is 0.637. The van der Waals surface area contributed by atoms with Crippen LogP contribution in [0.4, 0.5) is 0 Å². The fraction of sp³-hybridized carbons (Fsp3) is 0.143. The molecule has 0 fully saturated rings. The molecular formula is C21H19ClN2O4. The number of ether oxygens (including phenoxy) is 2. The van der Waals surface area contributed by atoms with Crippen LogP contribution in [0.1, 0.15) is 21.6 Å². The lowest BCUT2D eigenvalue weighted by Crippen LogP contribution is -2.25. The Labute approximate surface area is 167 Å². The molecule has 2 aromatic carbocycles. The van der Waals surface area contributed by atoms with Gasteiger partial charge in [-0.05, 0) is 29.3 Å². The summed E-state index contributed by atoms with van der Waals surface area (Å²) >= 11 is 6.07. The molecule has 6 nitrogen and oxygen atoms in total. The van der Waals surface area contributed by atoms with Crippen molar-refractivity contribution in [2.75, 3.05) is 7.11 Å². The van der Waals surface area contributed by atoms with E-state index >= 15 is 0 Å². The molecule has 0 aliphatic carbocycles. The number of amides is 1. The molecule has 28 heavy (non-hydrogen) atoms. The Bertz CT molecular complexity index is 1030. The van der Waals surface area contributed by atoms with Crippen LogP contribution in [0.3, 0.4) is 0 Å². The molecule has 0 radical (unpaired) electrons. The number of carbonyl (C=O) groups is 1. The molecule has 0 spiro atoms. The Kier molecular flexibility index (Phi) is 6.34. The molecule has 1 heterocycles. The second-order valence-electron chi connectivity index (χ2n) is 5.99. The standard InChI is InChI=1S/C21H19ClN2O4/c1-27-16-7-4-5-14(9-16)13-28-20-12-23-18(10-19(20)25)21(26)24-11-15-6-2-3-8-17(15)22/h2-10,12H,11,13H2,1H3,(H,23,25)(H,24,26). The summed E-state index contributed by atoms with van der Waals surface area (Å²) in [4.78, 5) is 27.3. The smallest absolute Gasteiger partial charge is 0.268 e. The van der Waals surface area contributed by atoms with Gasteiger partial charge in [0.15, 0.2) is 5.75 Å². The van der Waals surface area contributed by atoms with Gasteiger partial charge >= 0.3 is 0 Å². The molecule has 0 bridgehead atoms. The molecule has 0 aliphatic heterocycles. The summed E-state index contributed by atoms with van der Waals surface area (Å²) in [5, 5.41) is 3.29. The lowest BCUT2D eigenvalue weighted by atomic mass is 10.2. The number of hydrogen-bond donors (Lipinski definition) is 2. The maximum absolute atomic E-state index is 12.3. The molecule has 2 N–H and O–H groups in total. The Morgan fingerprint density at radius 3 is 2.71 bits per heavy atom. The number of carbonyl (C=O) groups excluding carboxylic acids is 1. The highest BCUT2D eigenvalue weighted by Crippen LogP contribution is 2.15. The number of pyridine rings is 1. The second-order valence-corrected chi connectivity index (χ2v) is 6.40. The maximum Gasteiger partial charge on any atom is 0.268 e. The Balaban J connectivity index is 1.62. The zero-order valence-corrected chi connectivity index (χ0v) is 16.0. The van der Waals surface area contributed by atoms with Crippen molar-refractivity contribution in [3.05, 3.63) is 92.9 Å². The van der Waals surface area contributed by atoms with Gasteiger partial charge in [0.1, 0.15) is 18.1 Å². The average molecular weight is 399 g/mol. The van der Waals surface area contributed by atoms with Crippen LogP contribution < -0.4 is 20.2 Å². The van der Waals surface area contributed by atoms with Crippen molar-refractivity contribution in [2.45, 2.75) is 13.2 Å². The first kappa shape index (κ1) is 19.5. The molecule has 0 atom stereocenters. The van der Waals surface area contributed by atoms with E-state index in [1.165, 1.54) is 12.3 Å². The van der Waals surface area contributed by atoms with Gasteiger partial charge in [0.2, 0.25) is 5.43 Å². The lowest BCUT2D eigenvalue weighted by Gasteiger charge is -2.09. The highest BCUT2D eigenvalue weighted by molar-refractivity contribution is 6.31. The van der Waals surface area contributed by atoms with Crippen LogP contribution in [-0.4, -0.2) is 18.0 Å². The zero-order valence-electron chi connectivity index (χ0n) is 15.2. The minimum Gasteiger partial charge on any atom is -0.497 e. The summed E-state index contributed by atoms with van der Waals surface area (Å²) in [6.07, 6.45) is 1.38. The van der Waals surface area contributed by atoms with Crippen LogP contribution in [0.5, 0.6) is 11.5 Å². The summed E-state index contributed by atoms with van der Waals surface area (Å²) in [5.41, 5.74) is 1.41. The fourth-order valence-electron chi connectivity index (χ4n) is 2.54. The Hall–Kier alpha value is -3.25. The summed E-state index contributed by atoms with van der Waals surface area (Å²) in [7, 11) is 1.58. The molecule has 7 heteroatoms. The van der Waals surface area contributed by atoms with E-state index in [9.17, 15) is 9.59 Å². The minimum atomic E-state index is -0.406. The predicted molar refractivity (Wildman–Crippen MR) is 107 cm³/mol. The predicted octanol–water partition coefficient (Wildman–Crippen LogP) is 3.55. The molecule has 144 valence electrons. The number of aromatic nitrogens is 1. The van der Waals surface area contributed by atoms with Crippen LogP contribution in [0.25, 0.3) is 0 Å². The van der Waals surface area contributed by atoms with Crippen molar-refractivity contribution in [3.8, 4) is 11.5 Å². The van der Waals surface area contributed by atoms with E-state index in [4.69, 9.17) is 21.1 Å². The van der Waals surface area contributed by atoms with Crippen molar-refractivity contribution in [1.29, 1.82) is 0 Å². The summed E-state index contributed by atoms with van der Waals surface area (Å²) in [6, 6.07) is 15.8. The van der Waals surface area contributed by atoms with Crippen molar-refractivity contribution < 1.29 is 14.3 Å². The molecular weight excluding hydrogens is 380 g/mol. The lowest BCUT2D eigenvalue weighted by molar-refractivity contribution is 0.0945. The highest BCUT2D eigenvalue weighted by Gasteiger charge is 2.10. The normalized spacial score (nSPS) is 10.4. The van der Waals surface area contributed by atoms with Gasteiger partial charge in [-0.1, -0.05) is 41.9 Å². The highest BCUT2D eigenvalue weighted by atomic mass is 35.5. The minimum absolute atomic E-state index is 0.130. The maximum atomic E-state index is 12.3. The molecule has 0 saturated heterocycles. The molecule has 0 saturated carbocycles. The molecule has 3 aromatic rings. The number of halogens is 1. The molecule has 3 rings (SSSR count). The SMILES string of the molecule is COc1cccc(COc2c[nH]c(C(=O)NCc3ccccc3Cl)cc2=O)c1. The van der Waals surface area contributed by atoms with Crippen LogP contribution in [0, 0.1) is 0 Å². The van der Waals surface area contributed by atoms with Gasteiger partial charge in [0.05, 0.1) is 7.11 Å². The van der Waals surface area contributed by atoms with Crippen molar-refractivity contribution >= 4 is 17.5 Å². The number of rotatable bonds is 7. The van der Waals surface area contributed by atoms with Crippen LogP contribution in [0.2, 0.25) is 5.02 Å². The number of hydrogen-bond acceptors (Lipinski definition) is 4. The van der Waals surface area contributed by atoms with E-state index in [-0.39, 0.29) is 30.0 Å². The second kappa shape index (κ2) is 9.10. The third kappa shape index (κ3) is 4.92. The third-order valence-corrected chi connectivity index (χ3v) is 4.42. The number of aromatic amines is 1. The summed E-state index contributed by atoms with van der Waals surface area (Å²) in [6.45, 7) is 0.465. The van der Waals surface area contributed by atoms with Gasteiger partial charge in [-0.15, -0.1) is 0 Å². The topological polar surface area (TPSA) is 80.4 Å². The van der Waals surface area contributed by atoms with Crippen molar-refractivity contribution in [3.63, 3.8) is 0 Å². The number of benzene rings is 2. The van der Waals surface area contributed by atoms with Gasteiger partial charge in [-0.3, -0.25) is 9.59 Å². The Morgan fingerprint density at radius 1 is 1.14 bits per heavy atom. The zero-order chi connectivity index (χ0) is 19.9. The van der Waals surface area contributed by atoms with E-state index < -0.39 is 5.91 Å². The van der Waals surface area contributed by atoms with Crippen LogP contribution >= 0.6 is 11.6 Å². The van der Waals surface area contributed by atoms with Gasteiger partial charge in [0, 0.05) is 23.8 Å². The van der Waals surface area contributed by atoms with E-state index in [2.05, 4.69) is 10.3 Å². The van der Waals surface area contributed by atoms with Crippen molar-refractivity contribution in [1.82, 2.24) is 10.3 Å². The van der Waals surface area contributed by atoms with Gasteiger partial charge in [0.25, 0.3) is 5.91 Å². The van der Waals surface area contributed by atoms with Crippen LogP contribution in [-0.2, 0) is 13.2 Å². The van der Waals surface area contributed by atoms with Gasteiger partial charge in [-0.25, -0.2) is 0 Å². The first-order valence-corrected chi connectivity index (χ1v) is 8.94. The van der Waals surface area contributed by atoms with E-state index in [1.807, 2.05) is 42.5 Å². The Morgan fingerprint density at radius 2 is 1.96 bits per heavy atom. The van der Waals surface area contributed by atoms with E-state index in [1.54, 1.807) is 13.2 Å². The average Bonchev–Trinajstić information content (AvgIpc) is 2.72. The largest absolute Gasteiger partial charge is 0.497 e. The fourth-order valence-corrected chi connectivity index (χ4v) is 2.74. The van der Waals surface area contributed by atoms with Gasteiger partial charge < -0.3 is 19.8 Å². The van der Waals surface area contributed by atoms with Crippen LogP contribution in [0.15, 0.2) is 65.6 Å². The van der Waals surface area contributed by atoms with Gasteiger partial charge in [-0.2, -0.15) is 0 Å². The third-order valence-electron chi connectivity index (χ3n) is 4.05. The van der Waals surface area contributed by atoms with Crippen molar-refractivity contribution in [2.24, 2.45) is 0 Å². The first-order chi connectivity index (χ1) is 13.6. The number of H-pyrrole nitrogens is 1. The molecule has 0 aliphatic rings. The van der Waals surface area contributed by atoms with E-state index in [0.717, 1.165) is 11.1 Å². The first-order valence-electron chi connectivity index (χ1n) is 8.57. The molecule has 1 aromatic heterocycles. The monoisotopic (exact) mass is 398 g/mol. The van der Waals surface area contributed by atoms with E-state index in [0.29, 0.717) is 10.8 Å².